The number of hydrogen-bond acceptors (Lipinski definition) is 4. The summed E-state index contributed by atoms with van der Waals surface area (Å²) in [4.78, 5) is 25.8. The van der Waals surface area contributed by atoms with Gasteiger partial charge in [0.05, 0.1) is 11.7 Å². The van der Waals surface area contributed by atoms with Crippen molar-refractivity contribution in [3.8, 4) is 11.3 Å². The van der Waals surface area contributed by atoms with Crippen LogP contribution in [0.15, 0.2) is 36.5 Å². The summed E-state index contributed by atoms with van der Waals surface area (Å²) in [5, 5.41) is 10.2. The molecule has 1 aromatic heterocycles. The van der Waals surface area contributed by atoms with Crippen molar-refractivity contribution in [2.75, 3.05) is 0 Å². The molecular formula is C20H23F3N4O3. The summed E-state index contributed by atoms with van der Waals surface area (Å²) < 4.78 is 33.9. The van der Waals surface area contributed by atoms with Crippen molar-refractivity contribution in [2.45, 2.75) is 50.5 Å². The number of nitrogens with two attached hydrogens (primary N) is 1. The smallest absolute Gasteiger partial charge is 0.475 e. The van der Waals surface area contributed by atoms with Crippen LogP contribution in [0, 0.1) is 5.92 Å². The second-order valence-corrected chi connectivity index (χ2v) is 7.47. The lowest BCUT2D eigenvalue weighted by molar-refractivity contribution is -0.192. The lowest BCUT2D eigenvalue weighted by Crippen LogP contribution is -2.49. The number of nitrogens with one attached hydrogen (secondary N) is 1. The van der Waals surface area contributed by atoms with Crippen molar-refractivity contribution in [3.05, 3.63) is 42.4 Å². The topological polar surface area (TPSA) is 110 Å². The molecule has 1 aliphatic carbocycles. The molecule has 2 atom stereocenters. The van der Waals surface area contributed by atoms with Crippen LogP contribution in [0.25, 0.3) is 11.3 Å². The number of aryl methyl sites for hydroxylation is 1. The Morgan fingerprint density at radius 3 is 2.40 bits per heavy atom. The Morgan fingerprint density at radius 1 is 1.20 bits per heavy atom. The van der Waals surface area contributed by atoms with E-state index in [0.717, 1.165) is 49.3 Å². The van der Waals surface area contributed by atoms with Gasteiger partial charge in [0, 0.05) is 30.8 Å². The van der Waals surface area contributed by atoms with Crippen LogP contribution >= 0.6 is 0 Å². The molecule has 0 bridgehead atoms. The number of rotatable bonds is 4. The molecule has 2 heterocycles. The number of carbonyl (C=O) groups excluding carboxylic acids is 1. The third-order valence-electron chi connectivity index (χ3n) is 5.08. The largest absolute Gasteiger partial charge is 0.490 e. The first-order valence-corrected chi connectivity index (χ1v) is 9.62. The molecule has 0 spiro atoms. The highest BCUT2D eigenvalue weighted by Gasteiger charge is 2.38. The SMILES string of the molecule is NC(C(=O)NC1CCc2nc(-c3ccccc3)cn2C1)C1CC1.O=C(O)C(F)(F)F. The highest BCUT2D eigenvalue weighted by Crippen LogP contribution is 2.31. The van der Waals surface area contributed by atoms with Crippen molar-refractivity contribution in [3.63, 3.8) is 0 Å². The summed E-state index contributed by atoms with van der Waals surface area (Å²) in [7, 11) is 0. The van der Waals surface area contributed by atoms with E-state index < -0.39 is 12.1 Å². The third-order valence-corrected chi connectivity index (χ3v) is 5.08. The number of hydrogen-bond donors (Lipinski definition) is 3. The van der Waals surface area contributed by atoms with Gasteiger partial charge in [0.1, 0.15) is 5.82 Å². The second kappa shape index (κ2) is 8.86. The van der Waals surface area contributed by atoms with E-state index in [1.807, 2.05) is 18.2 Å². The normalized spacial score (nSPS) is 19.1. The minimum absolute atomic E-state index is 0.00403. The maximum Gasteiger partial charge on any atom is 0.490 e. The van der Waals surface area contributed by atoms with E-state index in [9.17, 15) is 18.0 Å². The molecule has 2 unspecified atom stereocenters. The van der Waals surface area contributed by atoms with Gasteiger partial charge >= 0.3 is 12.1 Å². The minimum atomic E-state index is -5.08. The van der Waals surface area contributed by atoms with Gasteiger partial charge in [-0.3, -0.25) is 4.79 Å². The predicted molar refractivity (Wildman–Crippen MR) is 102 cm³/mol. The van der Waals surface area contributed by atoms with Gasteiger partial charge in [-0.2, -0.15) is 13.2 Å². The second-order valence-electron chi connectivity index (χ2n) is 7.47. The number of fused-ring (bicyclic) bond motifs is 1. The Bertz CT molecular complexity index is 894. The maximum atomic E-state index is 12.2. The quantitative estimate of drug-likeness (QED) is 0.698. The number of imidazole rings is 1. The van der Waals surface area contributed by atoms with Crippen LogP contribution < -0.4 is 11.1 Å². The molecular weight excluding hydrogens is 401 g/mol. The molecule has 0 saturated heterocycles. The summed E-state index contributed by atoms with van der Waals surface area (Å²) >= 11 is 0. The van der Waals surface area contributed by atoms with Crippen molar-refractivity contribution in [1.29, 1.82) is 0 Å². The van der Waals surface area contributed by atoms with Gasteiger partial charge in [-0.15, -0.1) is 0 Å². The Labute approximate surface area is 171 Å². The van der Waals surface area contributed by atoms with E-state index >= 15 is 0 Å². The van der Waals surface area contributed by atoms with Gasteiger partial charge in [0.2, 0.25) is 5.91 Å². The Kier molecular flexibility index (Phi) is 6.45. The van der Waals surface area contributed by atoms with E-state index in [1.54, 1.807) is 0 Å². The average Bonchev–Trinajstić information content (AvgIpc) is 3.46. The number of carbonyl (C=O) groups is 2. The number of aromatic nitrogens is 2. The highest BCUT2D eigenvalue weighted by atomic mass is 19.4. The molecule has 1 aromatic carbocycles. The van der Waals surface area contributed by atoms with Crippen molar-refractivity contribution in [2.24, 2.45) is 11.7 Å². The zero-order chi connectivity index (χ0) is 21.9. The number of benzene rings is 1. The summed E-state index contributed by atoms with van der Waals surface area (Å²) in [5.41, 5.74) is 8.12. The summed E-state index contributed by atoms with van der Waals surface area (Å²) in [5.74, 6) is -1.26. The fraction of sp³-hybridized carbons (Fsp3) is 0.450. The van der Waals surface area contributed by atoms with Crippen LogP contribution in [0.5, 0.6) is 0 Å². The molecule has 2 aromatic rings. The number of amides is 1. The van der Waals surface area contributed by atoms with Crippen LogP contribution in [0.2, 0.25) is 0 Å². The lowest BCUT2D eigenvalue weighted by Gasteiger charge is -2.26. The zero-order valence-electron chi connectivity index (χ0n) is 16.1. The van der Waals surface area contributed by atoms with Gasteiger partial charge in [0.25, 0.3) is 0 Å². The Hall–Kier alpha value is -2.88. The predicted octanol–water partition coefficient (Wildman–Crippen LogP) is 2.35. The molecule has 2 aliphatic rings. The Morgan fingerprint density at radius 2 is 1.83 bits per heavy atom. The van der Waals surface area contributed by atoms with Crippen LogP contribution in [-0.4, -0.2) is 44.8 Å². The first-order chi connectivity index (χ1) is 14.1. The number of carboxylic acids is 1. The summed E-state index contributed by atoms with van der Waals surface area (Å²) in [6, 6.07) is 10.0. The number of alkyl halides is 3. The highest BCUT2D eigenvalue weighted by molar-refractivity contribution is 5.82. The standard InChI is InChI=1S/C18H22N4O.C2HF3O2/c19-17(13-6-7-13)18(23)20-14-8-9-16-21-15(11-22(16)10-14)12-4-2-1-3-5-12;3-2(4,5)1(6)7/h1-5,11,13-14,17H,6-10,19H2,(H,20,23);(H,6,7). The third kappa shape index (κ3) is 5.59. The molecule has 4 N–H and O–H groups in total. The number of nitrogens with zero attached hydrogens (tertiary/aromatic N) is 2. The van der Waals surface area contributed by atoms with E-state index in [0.29, 0.717) is 5.92 Å². The fourth-order valence-electron chi connectivity index (χ4n) is 3.28. The van der Waals surface area contributed by atoms with Gasteiger partial charge < -0.3 is 20.7 Å². The molecule has 162 valence electrons. The summed E-state index contributed by atoms with van der Waals surface area (Å²) in [6.07, 6.45) is 0.991. The molecule has 1 fully saturated rings. The molecule has 0 radical (unpaired) electrons. The number of halogens is 3. The monoisotopic (exact) mass is 424 g/mol. The first-order valence-electron chi connectivity index (χ1n) is 9.62. The molecule has 1 amide bonds. The van der Waals surface area contributed by atoms with Crippen LogP contribution in [-0.2, 0) is 22.6 Å². The van der Waals surface area contributed by atoms with E-state index in [-0.39, 0.29) is 18.0 Å². The van der Waals surface area contributed by atoms with Crippen LogP contribution in [0.1, 0.15) is 25.1 Å². The molecule has 1 aliphatic heterocycles. The van der Waals surface area contributed by atoms with Crippen molar-refractivity contribution in [1.82, 2.24) is 14.9 Å². The van der Waals surface area contributed by atoms with Crippen molar-refractivity contribution >= 4 is 11.9 Å². The average molecular weight is 424 g/mol. The molecule has 30 heavy (non-hydrogen) atoms. The maximum absolute atomic E-state index is 12.2. The number of carboxylic acid groups (broad SMARTS) is 1. The van der Waals surface area contributed by atoms with Crippen LogP contribution in [0.4, 0.5) is 13.2 Å². The first kappa shape index (κ1) is 21.8. The minimum Gasteiger partial charge on any atom is -0.475 e. The van der Waals surface area contributed by atoms with Crippen LogP contribution in [0.3, 0.4) is 0 Å². The molecule has 10 heteroatoms. The number of aliphatic carboxylic acids is 1. The molecule has 1 saturated carbocycles. The van der Waals surface area contributed by atoms with Crippen molar-refractivity contribution < 1.29 is 27.9 Å². The fourth-order valence-corrected chi connectivity index (χ4v) is 3.28. The van der Waals surface area contributed by atoms with Gasteiger partial charge in [-0.25, -0.2) is 9.78 Å². The Balaban J connectivity index is 0.000000318. The lowest BCUT2D eigenvalue weighted by atomic mass is 10.1. The van der Waals surface area contributed by atoms with E-state index in [4.69, 9.17) is 20.6 Å². The zero-order valence-corrected chi connectivity index (χ0v) is 16.1. The molecule has 7 nitrogen and oxygen atoms in total. The van der Waals surface area contributed by atoms with Gasteiger partial charge in [-0.1, -0.05) is 30.3 Å². The molecule has 4 rings (SSSR count). The van der Waals surface area contributed by atoms with Gasteiger partial charge in [0.15, 0.2) is 0 Å². The van der Waals surface area contributed by atoms with E-state index in [2.05, 4.69) is 28.2 Å². The van der Waals surface area contributed by atoms with Gasteiger partial charge in [-0.05, 0) is 25.2 Å². The summed E-state index contributed by atoms with van der Waals surface area (Å²) in [6.45, 7) is 0.776. The van der Waals surface area contributed by atoms with E-state index in [1.165, 1.54) is 0 Å².